The molecule has 9 nitrogen and oxygen atoms in total. The van der Waals surface area contributed by atoms with Crippen LogP contribution in [0.15, 0.2) is 30.3 Å². The summed E-state index contributed by atoms with van der Waals surface area (Å²) in [7, 11) is 0. The third-order valence-corrected chi connectivity index (χ3v) is 5.70. The number of ether oxygens (including phenoxy) is 6. The summed E-state index contributed by atoms with van der Waals surface area (Å²) in [4.78, 5) is 26.6. The van der Waals surface area contributed by atoms with Crippen LogP contribution in [0.1, 0.15) is 33.3 Å². The highest BCUT2D eigenvalue weighted by Gasteiger charge is 2.64. The van der Waals surface area contributed by atoms with Crippen LogP contribution in [0.5, 0.6) is 0 Å². The molecular weight excluding hydrogens is 394 g/mol. The lowest BCUT2D eigenvalue weighted by molar-refractivity contribution is -0.242. The zero-order valence-electron chi connectivity index (χ0n) is 17.3. The number of esters is 1. The molecule has 9 heteroatoms. The van der Waals surface area contributed by atoms with Gasteiger partial charge in [0.15, 0.2) is 23.9 Å². The van der Waals surface area contributed by atoms with E-state index >= 15 is 0 Å². The third-order valence-electron chi connectivity index (χ3n) is 5.70. The number of benzene rings is 1. The van der Waals surface area contributed by atoms with E-state index in [1.54, 1.807) is 27.7 Å². The van der Waals surface area contributed by atoms with Gasteiger partial charge in [-0.1, -0.05) is 30.3 Å². The van der Waals surface area contributed by atoms with Crippen LogP contribution in [0.4, 0.5) is 4.79 Å². The Kier molecular flexibility index (Phi) is 4.46. The molecule has 162 valence electrons. The van der Waals surface area contributed by atoms with Gasteiger partial charge < -0.3 is 28.4 Å². The summed E-state index contributed by atoms with van der Waals surface area (Å²) >= 11 is 0. The minimum atomic E-state index is -0.990. The van der Waals surface area contributed by atoms with E-state index in [9.17, 15) is 9.59 Å². The molecule has 6 atom stereocenters. The standard InChI is InChI=1S/C21H25NO8/c1-20(2)27-14-13(25-18-16(15(14)28-20)29-21(3,4)30-18)12-17(23)26-19(24)22(12)10-11-8-6-5-7-9-11/h5-9,12-16,18H,10H2,1-4H3/t12-,13-,14+,15+,16-,18-/m1/s1. The summed E-state index contributed by atoms with van der Waals surface area (Å²) in [5.74, 6) is -2.45. The van der Waals surface area contributed by atoms with Gasteiger partial charge in [-0.25, -0.2) is 9.59 Å². The average Bonchev–Trinajstić information content (AvgIpc) is 3.24. The molecule has 1 aromatic rings. The normalized spacial score (nSPS) is 39.0. The number of hydrogen-bond donors (Lipinski definition) is 0. The molecular formula is C21H25NO8. The lowest BCUT2D eigenvalue weighted by Crippen LogP contribution is -2.61. The summed E-state index contributed by atoms with van der Waals surface area (Å²) < 4.78 is 35.2. The second-order valence-electron chi connectivity index (χ2n) is 8.88. The summed E-state index contributed by atoms with van der Waals surface area (Å²) in [6.45, 7) is 7.36. The first-order valence-electron chi connectivity index (χ1n) is 10.1. The fourth-order valence-electron chi connectivity index (χ4n) is 4.60. The van der Waals surface area contributed by atoms with Crippen molar-refractivity contribution in [2.75, 3.05) is 0 Å². The van der Waals surface area contributed by atoms with E-state index in [0.717, 1.165) is 5.56 Å². The number of fused-ring (bicyclic) bond motifs is 3. The largest absolute Gasteiger partial charge is 0.418 e. The van der Waals surface area contributed by atoms with Crippen LogP contribution in [0, 0.1) is 0 Å². The Hall–Kier alpha value is -2.04. The van der Waals surface area contributed by atoms with Crippen molar-refractivity contribution in [1.29, 1.82) is 0 Å². The Balaban J connectivity index is 1.47. The summed E-state index contributed by atoms with van der Waals surface area (Å²) in [5, 5.41) is 0. The number of amides is 1. The van der Waals surface area contributed by atoms with Gasteiger partial charge in [0.25, 0.3) is 0 Å². The van der Waals surface area contributed by atoms with Gasteiger partial charge >= 0.3 is 12.1 Å². The zero-order valence-corrected chi connectivity index (χ0v) is 17.3. The second kappa shape index (κ2) is 6.73. The van der Waals surface area contributed by atoms with Gasteiger partial charge in [-0.15, -0.1) is 0 Å². The Morgan fingerprint density at radius 1 is 0.833 bits per heavy atom. The quantitative estimate of drug-likeness (QED) is 0.542. The van der Waals surface area contributed by atoms with Gasteiger partial charge in [-0.2, -0.15) is 0 Å². The molecule has 30 heavy (non-hydrogen) atoms. The molecule has 4 heterocycles. The van der Waals surface area contributed by atoms with Gasteiger partial charge in [-0.05, 0) is 33.3 Å². The number of carbonyl (C=O) groups excluding carboxylic acids is 2. The van der Waals surface area contributed by atoms with E-state index < -0.39 is 60.4 Å². The number of hydrogen-bond acceptors (Lipinski definition) is 8. The summed E-state index contributed by atoms with van der Waals surface area (Å²) in [5.41, 5.74) is 0.866. The van der Waals surface area contributed by atoms with Crippen LogP contribution >= 0.6 is 0 Å². The van der Waals surface area contributed by atoms with Crippen molar-refractivity contribution in [2.24, 2.45) is 0 Å². The Bertz CT molecular complexity index is 856. The Morgan fingerprint density at radius 2 is 1.43 bits per heavy atom. The smallest absolute Gasteiger partial charge is 0.374 e. The molecule has 0 spiro atoms. The molecule has 5 rings (SSSR count). The lowest BCUT2D eigenvalue weighted by Gasteiger charge is -2.40. The van der Waals surface area contributed by atoms with Crippen molar-refractivity contribution in [3.8, 4) is 0 Å². The molecule has 0 radical (unpaired) electrons. The fourth-order valence-corrected chi connectivity index (χ4v) is 4.60. The monoisotopic (exact) mass is 419 g/mol. The van der Waals surface area contributed by atoms with E-state index in [4.69, 9.17) is 28.4 Å². The van der Waals surface area contributed by atoms with Crippen molar-refractivity contribution in [3.05, 3.63) is 35.9 Å². The van der Waals surface area contributed by atoms with Crippen LogP contribution in [0.2, 0.25) is 0 Å². The molecule has 1 aromatic carbocycles. The minimum absolute atomic E-state index is 0.203. The van der Waals surface area contributed by atoms with Crippen molar-refractivity contribution >= 4 is 12.1 Å². The van der Waals surface area contributed by atoms with Gasteiger partial charge in [0, 0.05) is 0 Å². The molecule has 4 saturated heterocycles. The Labute approximate surface area is 174 Å². The molecule has 0 aromatic heterocycles. The highest BCUT2D eigenvalue weighted by atomic mass is 16.9. The van der Waals surface area contributed by atoms with Crippen LogP contribution in [0.3, 0.4) is 0 Å². The van der Waals surface area contributed by atoms with Crippen molar-refractivity contribution in [1.82, 2.24) is 4.90 Å². The first kappa shape index (κ1) is 19.9. The molecule has 0 aliphatic carbocycles. The highest BCUT2D eigenvalue weighted by molar-refractivity contribution is 5.96. The number of cyclic esters (lactones) is 2. The number of nitrogens with zero attached hydrogens (tertiary/aromatic N) is 1. The fraction of sp³-hybridized carbons (Fsp3) is 0.619. The predicted molar refractivity (Wildman–Crippen MR) is 99.8 cm³/mol. The maximum Gasteiger partial charge on any atom is 0.418 e. The lowest BCUT2D eigenvalue weighted by atomic mass is 9.93. The molecule has 4 fully saturated rings. The molecule has 1 amide bonds. The van der Waals surface area contributed by atoms with E-state index in [1.807, 2.05) is 30.3 Å². The number of carbonyl (C=O) groups is 2. The van der Waals surface area contributed by atoms with Crippen LogP contribution < -0.4 is 0 Å². The van der Waals surface area contributed by atoms with Gasteiger partial charge in [0.1, 0.15) is 24.4 Å². The van der Waals surface area contributed by atoms with Crippen LogP contribution in [0.25, 0.3) is 0 Å². The maximum absolute atomic E-state index is 12.7. The van der Waals surface area contributed by atoms with Gasteiger partial charge in [-0.3, -0.25) is 4.90 Å². The van der Waals surface area contributed by atoms with E-state index in [1.165, 1.54) is 4.90 Å². The van der Waals surface area contributed by atoms with Crippen LogP contribution in [-0.2, 0) is 39.8 Å². The average molecular weight is 419 g/mol. The van der Waals surface area contributed by atoms with Crippen molar-refractivity contribution < 1.29 is 38.0 Å². The molecule has 0 unspecified atom stereocenters. The van der Waals surface area contributed by atoms with Gasteiger partial charge in [0.2, 0.25) is 0 Å². The first-order valence-corrected chi connectivity index (χ1v) is 10.1. The van der Waals surface area contributed by atoms with E-state index in [-0.39, 0.29) is 6.54 Å². The first-order chi connectivity index (χ1) is 14.1. The van der Waals surface area contributed by atoms with Crippen molar-refractivity contribution in [2.45, 2.75) is 82.6 Å². The number of rotatable bonds is 3. The maximum atomic E-state index is 12.7. The third kappa shape index (κ3) is 3.30. The summed E-state index contributed by atoms with van der Waals surface area (Å²) in [6.07, 6.45) is -3.98. The minimum Gasteiger partial charge on any atom is -0.374 e. The molecule has 4 aliphatic heterocycles. The molecule has 0 saturated carbocycles. The van der Waals surface area contributed by atoms with Crippen molar-refractivity contribution in [3.63, 3.8) is 0 Å². The van der Waals surface area contributed by atoms with E-state index in [2.05, 4.69) is 0 Å². The molecule has 4 aliphatic rings. The highest BCUT2D eigenvalue weighted by Crippen LogP contribution is 2.46. The molecule has 0 N–H and O–H groups in total. The zero-order chi connectivity index (χ0) is 21.3. The topological polar surface area (TPSA) is 92.8 Å². The van der Waals surface area contributed by atoms with E-state index in [0.29, 0.717) is 0 Å². The summed E-state index contributed by atoms with van der Waals surface area (Å²) in [6, 6.07) is 8.39. The van der Waals surface area contributed by atoms with Gasteiger partial charge in [0.05, 0.1) is 6.54 Å². The second-order valence-corrected chi connectivity index (χ2v) is 8.88. The molecule has 0 bridgehead atoms. The Morgan fingerprint density at radius 3 is 2.13 bits per heavy atom. The SMILES string of the molecule is CC1(C)O[C@@H]2[C@H](O1)[C@H]1OC(C)(C)O[C@H]1O[C@@H]2[C@@H]1C(=O)OC(=O)N1Cc1ccccc1. The predicted octanol–water partition coefficient (Wildman–Crippen LogP) is 1.93. The van der Waals surface area contributed by atoms with Crippen LogP contribution in [-0.4, -0.2) is 65.3 Å².